The molecule has 0 aliphatic heterocycles. The Balaban J connectivity index is 1.49. The van der Waals surface area contributed by atoms with E-state index in [4.69, 9.17) is 9.97 Å². The van der Waals surface area contributed by atoms with Gasteiger partial charge in [0.25, 0.3) is 5.56 Å². The van der Waals surface area contributed by atoms with E-state index in [1.54, 1.807) is 23.0 Å². The average Bonchev–Trinajstić information content (AvgIpc) is 3.31. The Morgan fingerprint density at radius 3 is 2.74 bits per heavy atom. The molecule has 35 heavy (non-hydrogen) atoms. The third-order valence-electron chi connectivity index (χ3n) is 6.56. The van der Waals surface area contributed by atoms with Crippen LogP contribution in [0.5, 0.6) is 0 Å². The summed E-state index contributed by atoms with van der Waals surface area (Å²) >= 11 is 0. The summed E-state index contributed by atoms with van der Waals surface area (Å²) in [4.78, 5) is 26.6. The SMILES string of the molecule is CC(C)n1ccc(Nc2ncc(-c3ccc4ccccc4n3)c(NC3CCC(CO)C3)n2)cc1=O. The third-order valence-corrected chi connectivity index (χ3v) is 6.56. The highest BCUT2D eigenvalue weighted by atomic mass is 16.3. The quantitative estimate of drug-likeness (QED) is 0.358. The zero-order valence-electron chi connectivity index (χ0n) is 20.0. The minimum Gasteiger partial charge on any atom is -0.396 e. The molecule has 2 atom stereocenters. The lowest BCUT2D eigenvalue weighted by molar-refractivity contribution is 0.229. The summed E-state index contributed by atoms with van der Waals surface area (Å²) in [5.41, 5.74) is 3.06. The van der Waals surface area contributed by atoms with Gasteiger partial charge >= 0.3 is 0 Å². The average molecular weight is 471 g/mol. The summed E-state index contributed by atoms with van der Waals surface area (Å²) in [6.07, 6.45) is 6.38. The normalized spacial score (nSPS) is 17.7. The zero-order valence-corrected chi connectivity index (χ0v) is 20.0. The first-order valence-corrected chi connectivity index (χ1v) is 12.1. The van der Waals surface area contributed by atoms with Crippen LogP contribution in [-0.2, 0) is 0 Å². The second-order valence-corrected chi connectivity index (χ2v) is 9.43. The summed E-state index contributed by atoms with van der Waals surface area (Å²) in [6, 6.07) is 15.7. The number of anilines is 3. The van der Waals surface area contributed by atoms with Gasteiger partial charge in [-0.15, -0.1) is 0 Å². The van der Waals surface area contributed by atoms with Gasteiger partial charge in [-0.3, -0.25) is 4.79 Å². The Hall–Kier alpha value is -3.78. The van der Waals surface area contributed by atoms with E-state index in [0.29, 0.717) is 23.4 Å². The van der Waals surface area contributed by atoms with E-state index in [1.807, 2.05) is 50.2 Å². The number of para-hydroxylation sites is 1. The van der Waals surface area contributed by atoms with Gasteiger partial charge in [-0.25, -0.2) is 9.97 Å². The largest absolute Gasteiger partial charge is 0.396 e. The van der Waals surface area contributed by atoms with Gasteiger partial charge in [-0.05, 0) is 57.2 Å². The van der Waals surface area contributed by atoms with Gasteiger partial charge in [-0.1, -0.05) is 24.3 Å². The first-order chi connectivity index (χ1) is 17.0. The van der Waals surface area contributed by atoms with E-state index in [1.165, 1.54) is 0 Å². The standard InChI is InChI=1S/C27H30N6O2/c1-17(2)33-12-11-21(14-25(33)35)30-27-28-15-22(24-10-8-19-5-3-4-6-23(19)31-24)26(32-27)29-20-9-7-18(13-20)16-34/h3-6,8,10-12,14-15,17-18,20,34H,7,9,13,16H2,1-2H3,(H2,28,29,30,32). The molecule has 2 unspecified atom stereocenters. The highest BCUT2D eigenvalue weighted by Crippen LogP contribution is 2.32. The topological polar surface area (TPSA) is 105 Å². The molecule has 3 aromatic heterocycles. The molecule has 4 aromatic rings. The van der Waals surface area contributed by atoms with E-state index in [-0.39, 0.29) is 24.2 Å². The van der Waals surface area contributed by atoms with Crippen LogP contribution in [0.15, 0.2) is 65.7 Å². The molecule has 0 saturated heterocycles. The number of aliphatic hydroxyl groups excluding tert-OH is 1. The minimum absolute atomic E-state index is 0.0821. The summed E-state index contributed by atoms with van der Waals surface area (Å²) in [6.45, 7) is 4.15. The van der Waals surface area contributed by atoms with Crippen molar-refractivity contribution in [2.45, 2.75) is 45.2 Å². The smallest absolute Gasteiger partial charge is 0.252 e. The van der Waals surface area contributed by atoms with Crippen LogP contribution >= 0.6 is 0 Å². The second-order valence-electron chi connectivity index (χ2n) is 9.43. The number of rotatable bonds is 7. The van der Waals surface area contributed by atoms with Crippen LogP contribution in [-0.4, -0.2) is 37.3 Å². The molecule has 1 saturated carbocycles. The molecule has 1 aliphatic rings. The van der Waals surface area contributed by atoms with Gasteiger partial charge in [-0.2, -0.15) is 4.98 Å². The maximum Gasteiger partial charge on any atom is 0.252 e. The number of pyridine rings is 2. The molecule has 1 aromatic carbocycles. The van der Waals surface area contributed by atoms with Crippen molar-refractivity contribution in [3.63, 3.8) is 0 Å². The highest BCUT2D eigenvalue weighted by Gasteiger charge is 2.25. The van der Waals surface area contributed by atoms with Crippen LogP contribution in [0.1, 0.15) is 39.2 Å². The first kappa shape index (κ1) is 23.0. The van der Waals surface area contributed by atoms with E-state index >= 15 is 0 Å². The molecule has 0 spiro atoms. The number of aromatic nitrogens is 4. The number of benzene rings is 1. The van der Waals surface area contributed by atoms with E-state index in [9.17, 15) is 9.90 Å². The molecule has 3 heterocycles. The van der Waals surface area contributed by atoms with Gasteiger partial charge < -0.3 is 20.3 Å². The molecule has 180 valence electrons. The number of nitrogens with zero attached hydrogens (tertiary/aromatic N) is 4. The minimum atomic E-state index is -0.0821. The third kappa shape index (κ3) is 5.02. The lowest BCUT2D eigenvalue weighted by Crippen LogP contribution is -2.21. The summed E-state index contributed by atoms with van der Waals surface area (Å²) in [5.74, 6) is 1.39. The zero-order chi connectivity index (χ0) is 24.4. The molecule has 1 fully saturated rings. The van der Waals surface area contributed by atoms with Crippen molar-refractivity contribution in [3.8, 4) is 11.3 Å². The predicted molar refractivity (Wildman–Crippen MR) is 139 cm³/mol. The molecule has 8 heteroatoms. The Labute approximate surface area is 204 Å². The molecule has 1 aliphatic carbocycles. The van der Waals surface area contributed by atoms with E-state index in [2.05, 4.69) is 21.7 Å². The Bertz CT molecular complexity index is 1400. The fourth-order valence-electron chi connectivity index (χ4n) is 4.64. The van der Waals surface area contributed by atoms with E-state index in [0.717, 1.165) is 41.4 Å². The second kappa shape index (κ2) is 9.84. The lowest BCUT2D eigenvalue weighted by atomic mass is 10.1. The first-order valence-electron chi connectivity index (χ1n) is 12.1. The van der Waals surface area contributed by atoms with Crippen molar-refractivity contribution in [1.82, 2.24) is 19.5 Å². The van der Waals surface area contributed by atoms with Gasteiger partial charge in [0.2, 0.25) is 5.95 Å². The van der Waals surface area contributed by atoms with Gasteiger partial charge in [0.05, 0.1) is 16.8 Å². The molecule has 3 N–H and O–H groups in total. The fraction of sp³-hybridized carbons (Fsp3) is 0.333. The summed E-state index contributed by atoms with van der Waals surface area (Å²) in [5, 5.41) is 17.4. The van der Waals surface area contributed by atoms with Crippen molar-refractivity contribution in [2.75, 3.05) is 17.2 Å². The van der Waals surface area contributed by atoms with Crippen molar-refractivity contribution in [2.24, 2.45) is 5.92 Å². The highest BCUT2D eigenvalue weighted by molar-refractivity contribution is 5.83. The maximum atomic E-state index is 12.4. The summed E-state index contributed by atoms with van der Waals surface area (Å²) < 4.78 is 1.67. The van der Waals surface area contributed by atoms with E-state index < -0.39 is 0 Å². The Kier molecular flexibility index (Phi) is 6.46. The molecular formula is C27H30N6O2. The Morgan fingerprint density at radius 2 is 1.97 bits per heavy atom. The van der Waals surface area contributed by atoms with Crippen LogP contribution in [0.25, 0.3) is 22.2 Å². The van der Waals surface area contributed by atoms with Gasteiger partial charge in [0.15, 0.2) is 0 Å². The molecule has 8 nitrogen and oxygen atoms in total. The maximum absolute atomic E-state index is 12.4. The molecular weight excluding hydrogens is 440 g/mol. The number of fused-ring (bicyclic) bond motifs is 1. The van der Waals surface area contributed by atoms with Crippen LogP contribution in [0.3, 0.4) is 0 Å². The lowest BCUT2D eigenvalue weighted by Gasteiger charge is -2.18. The van der Waals surface area contributed by atoms with Crippen molar-refractivity contribution in [1.29, 1.82) is 0 Å². The molecule has 0 bridgehead atoms. The number of nitrogens with one attached hydrogen (secondary N) is 2. The van der Waals surface area contributed by atoms with Crippen molar-refractivity contribution < 1.29 is 5.11 Å². The predicted octanol–water partition coefficient (Wildman–Crippen LogP) is 4.75. The van der Waals surface area contributed by atoms with Gasteiger partial charge in [0, 0.05) is 48.2 Å². The fourth-order valence-corrected chi connectivity index (χ4v) is 4.64. The molecule has 5 rings (SSSR count). The van der Waals surface area contributed by atoms with Crippen LogP contribution in [0.2, 0.25) is 0 Å². The van der Waals surface area contributed by atoms with Crippen molar-refractivity contribution >= 4 is 28.4 Å². The van der Waals surface area contributed by atoms with Crippen molar-refractivity contribution in [3.05, 3.63) is 71.3 Å². The number of hydrogen-bond donors (Lipinski definition) is 3. The van der Waals surface area contributed by atoms with Crippen LogP contribution in [0, 0.1) is 5.92 Å². The monoisotopic (exact) mass is 470 g/mol. The number of aliphatic hydroxyl groups is 1. The Morgan fingerprint density at radius 1 is 1.11 bits per heavy atom. The summed E-state index contributed by atoms with van der Waals surface area (Å²) in [7, 11) is 0. The molecule has 0 radical (unpaired) electrons. The molecule has 0 amide bonds. The van der Waals surface area contributed by atoms with Crippen LogP contribution in [0.4, 0.5) is 17.5 Å². The number of hydrogen-bond acceptors (Lipinski definition) is 7. The van der Waals surface area contributed by atoms with Gasteiger partial charge in [0.1, 0.15) is 5.82 Å². The van der Waals surface area contributed by atoms with Crippen LogP contribution < -0.4 is 16.2 Å².